The Kier molecular flexibility index (Phi) is 1.66. The highest BCUT2D eigenvalue weighted by molar-refractivity contribution is 5.49. The third kappa shape index (κ3) is 1.11. The molecule has 0 spiro atoms. The Balaban J connectivity index is 2.03. The van der Waals surface area contributed by atoms with E-state index in [1.807, 2.05) is 18.2 Å². The number of rotatable bonds is 1. The zero-order chi connectivity index (χ0) is 10.3. The van der Waals surface area contributed by atoms with Gasteiger partial charge < -0.3 is 9.47 Å². The molecule has 1 aliphatic heterocycles. The van der Waals surface area contributed by atoms with E-state index >= 15 is 0 Å². The second kappa shape index (κ2) is 2.90. The molecule has 1 heterocycles. The number of hydrogen-bond donors (Lipinski definition) is 0. The van der Waals surface area contributed by atoms with E-state index in [-0.39, 0.29) is 5.41 Å². The molecule has 76 valence electrons. The van der Waals surface area contributed by atoms with E-state index in [9.17, 15) is 5.26 Å². The Morgan fingerprint density at radius 2 is 2.00 bits per heavy atom. The van der Waals surface area contributed by atoms with Crippen molar-refractivity contribution in [3.63, 3.8) is 0 Å². The van der Waals surface area contributed by atoms with Crippen LogP contribution in [0.1, 0.15) is 24.8 Å². The van der Waals surface area contributed by atoms with Crippen LogP contribution in [0.3, 0.4) is 0 Å². The molecule has 2 aliphatic rings. The molecule has 0 unspecified atom stereocenters. The first-order valence-electron chi connectivity index (χ1n) is 5.15. The summed E-state index contributed by atoms with van der Waals surface area (Å²) in [4.78, 5) is 0. The van der Waals surface area contributed by atoms with Crippen LogP contribution in [0.4, 0.5) is 0 Å². The van der Waals surface area contributed by atoms with Gasteiger partial charge >= 0.3 is 0 Å². The van der Waals surface area contributed by atoms with Gasteiger partial charge in [-0.15, -0.1) is 0 Å². The zero-order valence-electron chi connectivity index (χ0n) is 8.32. The normalized spacial score (nSPS) is 20.5. The van der Waals surface area contributed by atoms with Crippen LogP contribution >= 0.6 is 0 Å². The average Bonchev–Trinajstić information content (AvgIpc) is 2.64. The van der Waals surface area contributed by atoms with Crippen molar-refractivity contribution < 1.29 is 9.47 Å². The van der Waals surface area contributed by atoms with Gasteiger partial charge in [0, 0.05) is 0 Å². The Morgan fingerprint density at radius 1 is 1.20 bits per heavy atom. The summed E-state index contributed by atoms with van der Waals surface area (Å²) in [5.74, 6) is 1.56. The van der Waals surface area contributed by atoms with E-state index in [1.165, 1.54) is 0 Å². The monoisotopic (exact) mass is 201 g/mol. The van der Waals surface area contributed by atoms with Crippen LogP contribution in [0.25, 0.3) is 0 Å². The van der Waals surface area contributed by atoms with Crippen molar-refractivity contribution in [2.45, 2.75) is 24.7 Å². The zero-order valence-corrected chi connectivity index (χ0v) is 8.32. The first-order valence-corrected chi connectivity index (χ1v) is 5.15. The largest absolute Gasteiger partial charge is 0.454 e. The van der Waals surface area contributed by atoms with Crippen LogP contribution in [-0.2, 0) is 5.41 Å². The third-order valence-corrected chi connectivity index (χ3v) is 3.35. The van der Waals surface area contributed by atoms with Crippen LogP contribution < -0.4 is 9.47 Å². The lowest BCUT2D eigenvalue weighted by molar-refractivity contribution is 0.174. The molecule has 0 radical (unpaired) electrons. The fraction of sp³-hybridized carbons (Fsp3) is 0.417. The second-order valence-corrected chi connectivity index (χ2v) is 4.12. The molecule has 3 nitrogen and oxygen atoms in total. The van der Waals surface area contributed by atoms with Crippen molar-refractivity contribution >= 4 is 0 Å². The van der Waals surface area contributed by atoms with Gasteiger partial charge in [-0.3, -0.25) is 0 Å². The molecule has 1 fully saturated rings. The summed E-state index contributed by atoms with van der Waals surface area (Å²) in [5.41, 5.74) is 0.807. The Labute approximate surface area is 88.2 Å². The Bertz CT molecular complexity index is 443. The second-order valence-electron chi connectivity index (χ2n) is 4.12. The summed E-state index contributed by atoms with van der Waals surface area (Å²) in [6.07, 6.45) is 3.06. The lowest BCUT2D eigenvalue weighted by atomic mass is 9.65. The first kappa shape index (κ1) is 8.60. The number of ether oxygens (including phenoxy) is 2. The number of fused-ring (bicyclic) bond motifs is 1. The van der Waals surface area contributed by atoms with Gasteiger partial charge in [0.1, 0.15) is 0 Å². The van der Waals surface area contributed by atoms with Crippen LogP contribution in [0.2, 0.25) is 0 Å². The molecular formula is C12H11NO2. The van der Waals surface area contributed by atoms with E-state index < -0.39 is 0 Å². The molecule has 3 rings (SSSR count). The van der Waals surface area contributed by atoms with Crippen molar-refractivity contribution in [2.75, 3.05) is 6.79 Å². The maximum Gasteiger partial charge on any atom is 0.231 e. The van der Waals surface area contributed by atoms with Gasteiger partial charge in [-0.2, -0.15) is 5.26 Å². The highest BCUT2D eigenvalue weighted by Gasteiger charge is 2.39. The summed E-state index contributed by atoms with van der Waals surface area (Å²) >= 11 is 0. The van der Waals surface area contributed by atoms with Crippen molar-refractivity contribution in [1.82, 2.24) is 0 Å². The molecule has 15 heavy (non-hydrogen) atoms. The molecule has 1 saturated carbocycles. The van der Waals surface area contributed by atoms with E-state index in [4.69, 9.17) is 9.47 Å². The minimum atomic E-state index is -0.263. The molecule has 1 aromatic rings. The molecule has 0 atom stereocenters. The van der Waals surface area contributed by atoms with Crippen molar-refractivity contribution in [3.8, 4) is 17.6 Å². The maximum absolute atomic E-state index is 9.22. The Morgan fingerprint density at radius 3 is 2.67 bits per heavy atom. The van der Waals surface area contributed by atoms with Gasteiger partial charge in [-0.1, -0.05) is 6.07 Å². The maximum atomic E-state index is 9.22. The minimum absolute atomic E-state index is 0.263. The molecule has 0 aromatic heterocycles. The smallest absolute Gasteiger partial charge is 0.231 e. The molecule has 0 bridgehead atoms. The highest BCUT2D eigenvalue weighted by Crippen LogP contribution is 2.45. The fourth-order valence-corrected chi connectivity index (χ4v) is 2.19. The van der Waals surface area contributed by atoms with Crippen molar-refractivity contribution in [1.29, 1.82) is 5.26 Å². The number of hydrogen-bond acceptors (Lipinski definition) is 3. The summed E-state index contributed by atoms with van der Waals surface area (Å²) in [5, 5.41) is 9.22. The van der Waals surface area contributed by atoms with Crippen molar-refractivity contribution in [3.05, 3.63) is 23.8 Å². The van der Waals surface area contributed by atoms with Crippen LogP contribution in [0, 0.1) is 11.3 Å². The summed E-state index contributed by atoms with van der Waals surface area (Å²) in [6.45, 7) is 0.290. The minimum Gasteiger partial charge on any atom is -0.454 e. The summed E-state index contributed by atoms with van der Waals surface area (Å²) < 4.78 is 10.6. The van der Waals surface area contributed by atoms with Crippen molar-refractivity contribution in [2.24, 2.45) is 0 Å². The van der Waals surface area contributed by atoms with E-state index in [2.05, 4.69) is 6.07 Å². The van der Waals surface area contributed by atoms with E-state index in [0.29, 0.717) is 6.79 Å². The molecule has 0 amide bonds. The number of nitriles is 1. The topological polar surface area (TPSA) is 42.2 Å². The third-order valence-electron chi connectivity index (χ3n) is 3.35. The van der Waals surface area contributed by atoms with Gasteiger partial charge in [0.05, 0.1) is 11.5 Å². The van der Waals surface area contributed by atoms with Gasteiger partial charge in [-0.25, -0.2) is 0 Å². The standard InChI is InChI=1S/C12H11NO2/c13-7-12(4-1-5-12)9-2-3-10-11(6-9)15-8-14-10/h2-3,6H,1,4-5,8H2. The number of benzene rings is 1. The predicted octanol–water partition coefficient (Wildman–Crippen LogP) is 2.36. The van der Waals surface area contributed by atoms with Crippen LogP contribution in [-0.4, -0.2) is 6.79 Å². The van der Waals surface area contributed by atoms with Gasteiger partial charge in [0.25, 0.3) is 0 Å². The lowest BCUT2D eigenvalue weighted by Gasteiger charge is -2.35. The number of nitrogens with zero attached hydrogens (tertiary/aromatic N) is 1. The fourth-order valence-electron chi connectivity index (χ4n) is 2.19. The average molecular weight is 201 g/mol. The summed E-state index contributed by atoms with van der Waals surface area (Å²) in [7, 11) is 0. The molecule has 3 heteroatoms. The predicted molar refractivity (Wildman–Crippen MR) is 53.7 cm³/mol. The lowest BCUT2D eigenvalue weighted by Crippen LogP contribution is -2.32. The summed E-state index contributed by atoms with van der Waals surface area (Å²) in [6, 6.07) is 8.26. The SMILES string of the molecule is N#CC1(c2ccc3c(c2)OCO3)CCC1. The van der Waals surface area contributed by atoms with E-state index in [0.717, 1.165) is 36.3 Å². The first-order chi connectivity index (χ1) is 7.34. The van der Waals surface area contributed by atoms with Gasteiger partial charge in [0.15, 0.2) is 11.5 Å². The van der Waals surface area contributed by atoms with Gasteiger partial charge in [-0.05, 0) is 37.0 Å². The molecular weight excluding hydrogens is 190 g/mol. The molecule has 0 N–H and O–H groups in total. The Hall–Kier alpha value is -1.69. The van der Waals surface area contributed by atoms with E-state index in [1.54, 1.807) is 0 Å². The van der Waals surface area contributed by atoms with Crippen LogP contribution in [0.15, 0.2) is 18.2 Å². The van der Waals surface area contributed by atoms with Gasteiger partial charge in [0.2, 0.25) is 6.79 Å². The van der Waals surface area contributed by atoms with Crippen LogP contribution in [0.5, 0.6) is 11.5 Å². The molecule has 1 aromatic carbocycles. The molecule has 0 saturated heterocycles. The highest BCUT2D eigenvalue weighted by atomic mass is 16.7. The quantitative estimate of drug-likeness (QED) is 0.700. The molecule has 1 aliphatic carbocycles.